The molecule has 0 saturated carbocycles. The largest absolute Gasteiger partial charge is 0.463 e. The zero-order valence-electron chi connectivity index (χ0n) is 19.5. The van der Waals surface area contributed by atoms with E-state index < -0.39 is 6.04 Å². The second-order valence-electron chi connectivity index (χ2n) is 8.55. The summed E-state index contributed by atoms with van der Waals surface area (Å²) in [4.78, 5) is 32.2. The molecule has 2 aliphatic rings. The molecule has 1 atom stereocenters. The smallest absolute Gasteiger partial charge is 0.338 e. The summed E-state index contributed by atoms with van der Waals surface area (Å²) in [7, 11) is 1.73. The number of benzene rings is 1. The van der Waals surface area contributed by atoms with Crippen molar-refractivity contribution in [2.24, 2.45) is 0 Å². The SMILES string of the molecule is CCOC(=O)C1=C(CN2CCN(CC)CC2)N(C)C(=O)N[C@H]1c1ccc(C(C)C)cc1. The van der Waals surface area contributed by atoms with Gasteiger partial charge in [0.05, 0.1) is 18.2 Å². The number of esters is 1. The number of hydrogen-bond donors (Lipinski definition) is 1. The predicted octanol–water partition coefficient (Wildman–Crippen LogP) is 2.96. The van der Waals surface area contributed by atoms with Crippen LogP contribution >= 0.6 is 0 Å². The minimum absolute atomic E-state index is 0.201. The number of amides is 2. The molecule has 0 bridgehead atoms. The Morgan fingerprint density at radius 3 is 2.26 bits per heavy atom. The quantitative estimate of drug-likeness (QED) is 0.677. The average molecular weight is 429 g/mol. The first kappa shape index (κ1) is 23.3. The van der Waals surface area contributed by atoms with Gasteiger partial charge in [-0.25, -0.2) is 9.59 Å². The van der Waals surface area contributed by atoms with Crippen LogP contribution in [0.1, 0.15) is 50.8 Å². The molecule has 2 aliphatic heterocycles. The summed E-state index contributed by atoms with van der Waals surface area (Å²) in [6, 6.07) is 7.42. The van der Waals surface area contributed by atoms with E-state index in [0.29, 0.717) is 24.6 Å². The number of nitrogens with one attached hydrogen (secondary N) is 1. The number of carbonyl (C=O) groups excluding carboxylic acids is 2. The van der Waals surface area contributed by atoms with Crippen molar-refractivity contribution in [3.05, 3.63) is 46.7 Å². The lowest BCUT2D eigenvalue weighted by Crippen LogP contribution is -2.52. The first-order valence-corrected chi connectivity index (χ1v) is 11.3. The summed E-state index contributed by atoms with van der Waals surface area (Å²) < 4.78 is 5.43. The zero-order valence-corrected chi connectivity index (χ0v) is 19.5. The Bertz CT molecular complexity index is 811. The highest BCUT2D eigenvalue weighted by Crippen LogP contribution is 2.32. The molecule has 0 unspecified atom stereocenters. The van der Waals surface area contributed by atoms with E-state index in [9.17, 15) is 9.59 Å². The maximum Gasteiger partial charge on any atom is 0.338 e. The van der Waals surface area contributed by atoms with E-state index in [1.165, 1.54) is 5.56 Å². The third-order valence-electron chi connectivity index (χ3n) is 6.29. The molecule has 1 N–H and O–H groups in total. The highest BCUT2D eigenvalue weighted by Gasteiger charge is 2.37. The number of urea groups is 1. The summed E-state index contributed by atoms with van der Waals surface area (Å²) >= 11 is 0. The molecule has 170 valence electrons. The molecule has 2 amide bonds. The van der Waals surface area contributed by atoms with Gasteiger partial charge in [-0.05, 0) is 30.5 Å². The molecular weight excluding hydrogens is 392 g/mol. The number of likely N-dealkylation sites (N-methyl/N-ethyl adjacent to an activating group) is 2. The van der Waals surface area contributed by atoms with Crippen LogP contribution in [0, 0.1) is 0 Å². The monoisotopic (exact) mass is 428 g/mol. The predicted molar refractivity (Wildman–Crippen MR) is 122 cm³/mol. The highest BCUT2D eigenvalue weighted by atomic mass is 16.5. The van der Waals surface area contributed by atoms with Gasteiger partial charge in [0.25, 0.3) is 0 Å². The molecule has 0 spiro atoms. The molecule has 1 aromatic rings. The Balaban J connectivity index is 1.96. The Morgan fingerprint density at radius 2 is 1.71 bits per heavy atom. The number of carbonyl (C=O) groups is 2. The Morgan fingerprint density at radius 1 is 1.10 bits per heavy atom. The molecule has 0 radical (unpaired) electrons. The molecule has 1 aromatic carbocycles. The van der Waals surface area contributed by atoms with E-state index >= 15 is 0 Å². The van der Waals surface area contributed by atoms with Gasteiger partial charge in [0.1, 0.15) is 0 Å². The van der Waals surface area contributed by atoms with Crippen LogP contribution in [0.15, 0.2) is 35.5 Å². The van der Waals surface area contributed by atoms with Gasteiger partial charge >= 0.3 is 12.0 Å². The van der Waals surface area contributed by atoms with Crippen LogP contribution in [-0.4, -0.2) is 79.6 Å². The normalized spacial score (nSPS) is 20.9. The summed E-state index contributed by atoms with van der Waals surface area (Å²) in [6.07, 6.45) is 0. The van der Waals surface area contributed by atoms with Gasteiger partial charge in [0.2, 0.25) is 0 Å². The van der Waals surface area contributed by atoms with Crippen molar-refractivity contribution < 1.29 is 14.3 Å². The number of ether oxygens (including phenoxy) is 1. The molecule has 0 aromatic heterocycles. The van der Waals surface area contributed by atoms with Gasteiger partial charge < -0.3 is 15.0 Å². The molecular formula is C24H36N4O3. The lowest BCUT2D eigenvalue weighted by Gasteiger charge is -2.39. The lowest BCUT2D eigenvalue weighted by atomic mass is 9.92. The molecule has 7 nitrogen and oxygen atoms in total. The fourth-order valence-corrected chi connectivity index (χ4v) is 4.20. The van der Waals surface area contributed by atoms with Gasteiger partial charge in [-0.15, -0.1) is 0 Å². The fourth-order valence-electron chi connectivity index (χ4n) is 4.20. The van der Waals surface area contributed by atoms with Crippen LogP contribution in [0.4, 0.5) is 4.79 Å². The van der Waals surface area contributed by atoms with Crippen LogP contribution in [0.5, 0.6) is 0 Å². The van der Waals surface area contributed by atoms with Gasteiger partial charge in [0.15, 0.2) is 0 Å². The van der Waals surface area contributed by atoms with Gasteiger partial charge in [-0.3, -0.25) is 9.80 Å². The van der Waals surface area contributed by atoms with Crippen molar-refractivity contribution in [1.82, 2.24) is 20.0 Å². The molecule has 1 saturated heterocycles. The standard InChI is InChI=1S/C24H36N4O3/c1-6-27-12-14-28(15-13-27)16-20-21(23(29)31-7-2)22(25-24(30)26(20)5)19-10-8-18(9-11-19)17(3)4/h8-11,17,22H,6-7,12-16H2,1-5H3,(H,25,30)/t22-/m0/s1. The van der Waals surface area contributed by atoms with E-state index in [1.807, 2.05) is 12.1 Å². The molecule has 0 aliphatic carbocycles. The number of piperazine rings is 1. The Labute approximate surface area is 186 Å². The third kappa shape index (κ3) is 5.28. The van der Waals surface area contributed by atoms with E-state index in [1.54, 1.807) is 18.9 Å². The maximum absolute atomic E-state index is 13.1. The van der Waals surface area contributed by atoms with Crippen molar-refractivity contribution in [2.45, 2.75) is 39.7 Å². The summed E-state index contributed by atoms with van der Waals surface area (Å²) in [5.41, 5.74) is 3.37. The van der Waals surface area contributed by atoms with Gasteiger partial charge in [-0.1, -0.05) is 45.0 Å². The Hall–Kier alpha value is -2.38. The van der Waals surface area contributed by atoms with Crippen LogP contribution < -0.4 is 5.32 Å². The second-order valence-corrected chi connectivity index (χ2v) is 8.55. The van der Waals surface area contributed by atoms with Crippen molar-refractivity contribution in [2.75, 3.05) is 52.9 Å². The molecule has 7 heteroatoms. The number of nitrogens with zero attached hydrogens (tertiary/aromatic N) is 3. The van der Waals surface area contributed by atoms with Gasteiger partial charge in [-0.2, -0.15) is 0 Å². The first-order chi connectivity index (χ1) is 14.8. The number of rotatable bonds is 7. The molecule has 31 heavy (non-hydrogen) atoms. The molecule has 2 heterocycles. The lowest BCUT2D eigenvalue weighted by molar-refractivity contribution is -0.139. The van der Waals surface area contributed by atoms with Gasteiger partial charge in [0, 0.05) is 45.5 Å². The molecule has 3 rings (SSSR count). The minimum atomic E-state index is -0.518. The summed E-state index contributed by atoms with van der Waals surface area (Å²) in [6.45, 7) is 14.0. The first-order valence-electron chi connectivity index (χ1n) is 11.3. The van der Waals surface area contributed by atoms with Crippen molar-refractivity contribution in [3.8, 4) is 0 Å². The zero-order chi connectivity index (χ0) is 22.5. The highest BCUT2D eigenvalue weighted by molar-refractivity contribution is 5.95. The van der Waals surface area contributed by atoms with Crippen molar-refractivity contribution in [3.63, 3.8) is 0 Å². The van der Waals surface area contributed by atoms with Crippen molar-refractivity contribution >= 4 is 12.0 Å². The average Bonchev–Trinajstić information content (AvgIpc) is 2.77. The second kappa shape index (κ2) is 10.3. The van der Waals surface area contributed by atoms with Crippen LogP contribution in [-0.2, 0) is 9.53 Å². The Kier molecular flexibility index (Phi) is 7.73. The van der Waals surface area contributed by atoms with E-state index in [0.717, 1.165) is 44.0 Å². The topological polar surface area (TPSA) is 65.1 Å². The third-order valence-corrected chi connectivity index (χ3v) is 6.29. The summed E-state index contributed by atoms with van der Waals surface area (Å²) in [5, 5.41) is 3.01. The maximum atomic E-state index is 13.1. The van der Waals surface area contributed by atoms with E-state index in [4.69, 9.17) is 4.74 Å². The summed E-state index contributed by atoms with van der Waals surface area (Å²) in [5.74, 6) is 0.0491. The van der Waals surface area contributed by atoms with E-state index in [2.05, 4.69) is 48.0 Å². The van der Waals surface area contributed by atoms with Crippen LogP contribution in [0.3, 0.4) is 0 Å². The van der Waals surface area contributed by atoms with Crippen LogP contribution in [0.2, 0.25) is 0 Å². The van der Waals surface area contributed by atoms with Crippen LogP contribution in [0.25, 0.3) is 0 Å². The van der Waals surface area contributed by atoms with E-state index in [-0.39, 0.29) is 12.0 Å². The number of hydrogen-bond acceptors (Lipinski definition) is 5. The fraction of sp³-hybridized carbons (Fsp3) is 0.583. The minimum Gasteiger partial charge on any atom is -0.463 e. The molecule has 1 fully saturated rings. The van der Waals surface area contributed by atoms with Crippen molar-refractivity contribution in [1.29, 1.82) is 0 Å².